The van der Waals surface area contributed by atoms with Crippen molar-refractivity contribution < 1.29 is 27.1 Å². The van der Waals surface area contributed by atoms with Gasteiger partial charge in [-0.2, -0.15) is 0 Å². The molecule has 2 heterocycles. The summed E-state index contributed by atoms with van der Waals surface area (Å²) >= 11 is 14.4. The summed E-state index contributed by atoms with van der Waals surface area (Å²) in [7, 11) is 0. The van der Waals surface area contributed by atoms with Crippen molar-refractivity contribution in [3.05, 3.63) is 48.5 Å². The van der Waals surface area contributed by atoms with E-state index in [1.807, 2.05) is 61.0 Å². The topological polar surface area (TPSA) is 55.4 Å². The van der Waals surface area contributed by atoms with E-state index >= 15 is 0 Å². The fourth-order valence-corrected chi connectivity index (χ4v) is 7.64. The maximum Gasteiger partial charge on any atom is 0.380 e. The van der Waals surface area contributed by atoms with Crippen LogP contribution in [0, 0.1) is 5.41 Å². The third-order valence-electron chi connectivity index (χ3n) is 4.67. The molecule has 0 aromatic heterocycles. The first kappa shape index (κ1) is 24.0. The smallest absolute Gasteiger partial charge is 0.380 e. The molecule has 0 amide bonds. The van der Waals surface area contributed by atoms with E-state index in [9.17, 15) is 0 Å². The third kappa shape index (κ3) is 6.07. The fraction of sp³-hybridized carbons (Fsp3) is 0.368. The van der Waals surface area contributed by atoms with Gasteiger partial charge in [0.1, 0.15) is 11.5 Å². The Morgan fingerprint density at radius 3 is 1.29 bits per heavy atom. The molecule has 6 nitrogen and oxygen atoms in total. The van der Waals surface area contributed by atoms with Crippen LogP contribution in [0.1, 0.15) is 0 Å². The predicted molar refractivity (Wildman–Crippen MR) is 133 cm³/mol. The van der Waals surface area contributed by atoms with Gasteiger partial charge in [0, 0.05) is 33.4 Å². The van der Waals surface area contributed by atoms with Crippen LogP contribution in [0.5, 0.6) is 11.5 Å². The van der Waals surface area contributed by atoms with Crippen LogP contribution in [0.3, 0.4) is 0 Å². The van der Waals surface area contributed by atoms with Crippen LogP contribution < -0.4 is 9.05 Å². The second-order valence-corrected chi connectivity index (χ2v) is 14.7. The molecule has 2 aromatic rings. The highest BCUT2D eigenvalue weighted by Gasteiger charge is 2.48. The van der Waals surface area contributed by atoms with E-state index in [-0.39, 0.29) is 0 Å². The van der Waals surface area contributed by atoms with Gasteiger partial charge in [-0.15, -0.1) is 23.5 Å². The molecule has 0 atom stereocenters. The van der Waals surface area contributed by atoms with E-state index in [0.29, 0.717) is 37.9 Å². The van der Waals surface area contributed by atoms with Gasteiger partial charge < -0.3 is 9.05 Å². The van der Waals surface area contributed by atoms with Crippen molar-refractivity contribution in [1.82, 2.24) is 0 Å². The van der Waals surface area contributed by atoms with E-state index in [0.717, 1.165) is 9.79 Å². The quantitative estimate of drug-likeness (QED) is 0.319. The van der Waals surface area contributed by atoms with E-state index in [2.05, 4.69) is 0 Å². The molecule has 0 radical (unpaired) electrons. The lowest BCUT2D eigenvalue weighted by Gasteiger charge is -2.43. The maximum absolute atomic E-state index is 5.88. The molecule has 12 heteroatoms. The van der Waals surface area contributed by atoms with Crippen molar-refractivity contribution in [2.45, 2.75) is 9.79 Å². The molecule has 0 saturated carbocycles. The molecule has 0 N–H and O–H groups in total. The van der Waals surface area contributed by atoms with Crippen LogP contribution in [-0.2, 0) is 41.7 Å². The zero-order valence-electron chi connectivity index (χ0n) is 16.9. The number of benzene rings is 2. The Bertz CT molecular complexity index is 892. The standard InChI is InChI=1S/C19H22O6P2S4/c1-30-17-7-3-15(4-8-17)24-26(28)20-11-19(12-21-26)13-22-27(29,23-14-19)25-16-5-9-18(31-2)10-6-16/h3-10H,11-14H2,1-2H3. The first-order chi connectivity index (χ1) is 14.8. The highest BCUT2D eigenvalue weighted by molar-refractivity contribution is 8.08. The van der Waals surface area contributed by atoms with Gasteiger partial charge in [-0.25, -0.2) is 0 Å². The zero-order chi connectivity index (χ0) is 22.0. The lowest BCUT2D eigenvalue weighted by molar-refractivity contribution is -0.0689. The molecule has 2 aliphatic heterocycles. The molecular weight excluding hydrogens is 514 g/mol. The summed E-state index contributed by atoms with van der Waals surface area (Å²) in [5.74, 6) is 1.26. The molecule has 168 valence electrons. The average Bonchev–Trinajstić information content (AvgIpc) is 2.79. The van der Waals surface area contributed by atoms with Gasteiger partial charge in [-0.3, -0.25) is 18.1 Å². The van der Waals surface area contributed by atoms with E-state index in [4.69, 9.17) is 50.8 Å². The molecular formula is C19H22O6P2S4. The van der Waals surface area contributed by atoms with Crippen molar-refractivity contribution in [1.29, 1.82) is 0 Å². The Labute approximate surface area is 201 Å². The maximum atomic E-state index is 5.88. The minimum Gasteiger partial charge on any atom is -0.424 e. The van der Waals surface area contributed by atoms with Crippen LogP contribution in [-0.4, -0.2) is 38.9 Å². The van der Waals surface area contributed by atoms with Gasteiger partial charge in [0.2, 0.25) is 0 Å². The van der Waals surface area contributed by atoms with Crippen LogP contribution in [0.25, 0.3) is 0 Å². The van der Waals surface area contributed by atoms with E-state index in [1.54, 1.807) is 23.5 Å². The van der Waals surface area contributed by atoms with Crippen LogP contribution in [0.2, 0.25) is 0 Å². The number of hydrogen-bond donors (Lipinski definition) is 0. The molecule has 31 heavy (non-hydrogen) atoms. The van der Waals surface area contributed by atoms with Gasteiger partial charge in [0.25, 0.3) is 0 Å². The first-order valence-electron chi connectivity index (χ1n) is 9.31. The van der Waals surface area contributed by atoms with Gasteiger partial charge in [-0.05, 0) is 61.0 Å². The Hall–Kier alpha value is -0.120. The van der Waals surface area contributed by atoms with Gasteiger partial charge in [0.05, 0.1) is 31.8 Å². The Kier molecular flexibility index (Phi) is 7.76. The van der Waals surface area contributed by atoms with Crippen molar-refractivity contribution in [2.75, 3.05) is 38.9 Å². The molecule has 2 fully saturated rings. The summed E-state index contributed by atoms with van der Waals surface area (Å²) in [6.07, 6.45) is 4.04. The number of rotatable bonds is 6. The molecule has 2 aliphatic rings. The van der Waals surface area contributed by atoms with Crippen molar-refractivity contribution >= 4 is 60.6 Å². The van der Waals surface area contributed by atoms with E-state index in [1.165, 1.54) is 0 Å². The van der Waals surface area contributed by atoms with Crippen molar-refractivity contribution in [3.8, 4) is 11.5 Å². The second kappa shape index (κ2) is 10.0. The van der Waals surface area contributed by atoms with Crippen LogP contribution in [0.15, 0.2) is 58.3 Å². The fourth-order valence-electron chi connectivity index (χ4n) is 2.83. The summed E-state index contributed by atoms with van der Waals surface area (Å²) in [6, 6.07) is 15.3. The second-order valence-electron chi connectivity index (χ2n) is 7.02. The first-order valence-corrected chi connectivity index (χ1v) is 16.9. The predicted octanol–water partition coefficient (Wildman–Crippen LogP) is 6.12. The largest absolute Gasteiger partial charge is 0.424 e. The number of thioether (sulfide) groups is 2. The molecule has 2 aromatic carbocycles. The van der Waals surface area contributed by atoms with Crippen LogP contribution >= 0.6 is 37.0 Å². The third-order valence-corrected chi connectivity index (χ3v) is 10.5. The number of hydrogen-bond acceptors (Lipinski definition) is 10. The summed E-state index contributed by atoms with van der Waals surface area (Å²) in [6.45, 7) is -4.52. The zero-order valence-corrected chi connectivity index (χ0v) is 22.0. The Morgan fingerprint density at radius 1 is 0.677 bits per heavy atom. The average molecular weight is 537 g/mol. The Morgan fingerprint density at radius 2 is 1.00 bits per heavy atom. The highest BCUT2D eigenvalue weighted by atomic mass is 32.5. The normalized spacial score (nSPS) is 30.8. The molecule has 0 bridgehead atoms. The van der Waals surface area contributed by atoms with Gasteiger partial charge in [0.15, 0.2) is 0 Å². The molecule has 0 aliphatic carbocycles. The highest BCUT2D eigenvalue weighted by Crippen LogP contribution is 2.60. The van der Waals surface area contributed by atoms with Gasteiger partial charge >= 0.3 is 13.4 Å². The SMILES string of the molecule is CSc1ccc(OP2(=S)OCC3(CO2)COP(=S)(Oc2ccc(SC)cc2)OC3)cc1. The Balaban J connectivity index is 1.32. The lowest BCUT2D eigenvalue weighted by atomic mass is 9.93. The van der Waals surface area contributed by atoms with E-state index < -0.39 is 18.9 Å². The lowest BCUT2D eigenvalue weighted by Crippen LogP contribution is -2.46. The monoisotopic (exact) mass is 536 g/mol. The van der Waals surface area contributed by atoms with Crippen molar-refractivity contribution in [2.24, 2.45) is 5.41 Å². The summed E-state index contributed by atoms with van der Waals surface area (Å²) in [5.41, 5.74) is -0.483. The van der Waals surface area contributed by atoms with Crippen molar-refractivity contribution in [3.63, 3.8) is 0 Å². The summed E-state index contributed by atoms with van der Waals surface area (Å²) in [4.78, 5) is 2.28. The summed E-state index contributed by atoms with van der Waals surface area (Å²) < 4.78 is 35.3. The minimum atomic E-state index is -2.88. The van der Waals surface area contributed by atoms with Gasteiger partial charge in [-0.1, -0.05) is 0 Å². The molecule has 0 unspecified atom stereocenters. The minimum absolute atomic E-state index is 0.310. The molecule has 2 saturated heterocycles. The molecule has 4 rings (SSSR count). The molecule has 1 spiro atoms. The van der Waals surface area contributed by atoms with Crippen LogP contribution in [0.4, 0.5) is 0 Å². The summed E-state index contributed by atoms with van der Waals surface area (Å²) in [5, 5.41) is 0.